The molecule has 1 aromatic carbocycles. The van der Waals surface area contributed by atoms with Gasteiger partial charge in [-0.2, -0.15) is 0 Å². The van der Waals surface area contributed by atoms with Gasteiger partial charge in [-0.1, -0.05) is 35.3 Å². The van der Waals surface area contributed by atoms with Gasteiger partial charge in [0.05, 0.1) is 15.6 Å². The lowest BCUT2D eigenvalue weighted by atomic mass is 10.0. The minimum atomic E-state index is -0.915. The van der Waals surface area contributed by atoms with Crippen LogP contribution in [-0.4, -0.2) is 50.5 Å². The van der Waals surface area contributed by atoms with Gasteiger partial charge in [-0.3, -0.25) is 9.69 Å². The van der Waals surface area contributed by atoms with Crippen molar-refractivity contribution in [3.05, 3.63) is 45.9 Å². The lowest BCUT2D eigenvalue weighted by Crippen LogP contribution is -2.40. The molecule has 166 valence electrons. The Morgan fingerprint density at radius 1 is 1.25 bits per heavy atom. The van der Waals surface area contributed by atoms with Crippen molar-refractivity contribution >= 4 is 52.4 Å². The van der Waals surface area contributed by atoms with E-state index >= 15 is 0 Å². The number of nitrogens with one attached hydrogen (secondary N) is 2. The third-order valence-electron chi connectivity index (χ3n) is 4.89. The fourth-order valence-electron chi connectivity index (χ4n) is 3.30. The number of aromatic hydroxyl groups is 1. The molecule has 0 saturated carbocycles. The standard InChI is InChI=1S/C21H19Cl2N5O3S/c1-21(2)18(30)28(20(31)27-21)7-6-24-19-25-10-13(11-4-3-5-12(29)8-11)16(26-19)15-9-14(22)17(23)32-15/h3-5,8-10,29H,6-7H2,1-2H3,(H,27,31)(H,24,25,26). The van der Waals surface area contributed by atoms with Crippen molar-refractivity contribution in [2.45, 2.75) is 19.4 Å². The molecule has 1 aliphatic rings. The Morgan fingerprint density at radius 3 is 2.66 bits per heavy atom. The summed E-state index contributed by atoms with van der Waals surface area (Å²) in [7, 11) is 0. The molecule has 0 aliphatic carbocycles. The number of imide groups is 1. The highest BCUT2D eigenvalue weighted by Crippen LogP contribution is 2.41. The van der Waals surface area contributed by atoms with Gasteiger partial charge in [0.25, 0.3) is 5.91 Å². The maximum Gasteiger partial charge on any atom is 0.325 e. The van der Waals surface area contributed by atoms with E-state index in [4.69, 9.17) is 23.2 Å². The molecule has 1 fully saturated rings. The number of phenols is 1. The zero-order valence-electron chi connectivity index (χ0n) is 17.1. The lowest BCUT2D eigenvalue weighted by molar-refractivity contribution is -0.130. The Hall–Kier alpha value is -2.88. The van der Waals surface area contributed by atoms with Crippen LogP contribution in [0.4, 0.5) is 10.7 Å². The average molecular weight is 492 g/mol. The van der Waals surface area contributed by atoms with Gasteiger partial charge in [0.15, 0.2) is 0 Å². The molecule has 3 N–H and O–H groups in total. The summed E-state index contributed by atoms with van der Waals surface area (Å²) in [5.41, 5.74) is 1.09. The molecule has 0 spiro atoms. The highest BCUT2D eigenvalue weighted by molar-refractivity contribution is 7.20. The predicted octanol–water partition coefficient (Wildman–Crippen LogP) is 4.63. The zero-order chi connectivity index (χ0) is 23.0. The number of hydrogen-bond acceptors (Lipinski definition) is 7. The number of urea groups is 1. The molecule has 3 heterocycles. The molecule has 4 rings (SSSR count). The van der Waals surface area contributed by atoms with Crippen LogP contribution in [0.1, 0.15) is 13.8 Å². The summed E-state index contributed by atoms with van der Waals surface area (Å²) >= 11 is 13.6. The van der Waals surface area contributed by atoms with E-state index in [0.29, 0.717) is 26.6 Å². The van der Waals surface area contributed by atoms with E-state index in [0.717, 1.165) is 15.3 Å². The normalized spacial score (nSPS) is 15.2. The van der Waals surface area contributed by atoms with E-state index in [9.17, 15) is 14.7 Å². The number of anilines is 1. The lowest BCUT2D eigenvalue weighted by Gasteiger charge is -2.16. The molecule has 1 aliphatic heterocycles. The molecule has 1 saturated heterocycles. The summed E-state index contributed by atoms with van der Waals surface area (Å²) in [6.07, 6.45) is 1.64. The molecule has 0 bridgehead atoms. The molecule has 0 radical (unpaired) electrons. The number of aromatic nitrogens is 2. The minimum absolute atomic E-state index is 0.120. The molecular weight excluding hydrogens is 473 g/mol. The third-order valence-corrected chi connectivity index (χ3v) is 6.76. The number of rotatable bonds is 6. The number of halogens is 2. The molecule has 3 aromatic rings. The second kappa shape index (κ2) is 8.57. The Balaban J connectivity index is 1.60. The molecule has 2 aromatic heterocycles. The molecule has 32 heavy (non-hydrogen) atoms. The number of amides is 3. The van der Waals surface area contributed by atoms with Crippen LogP contribution in [0.5, 0.6) is 5.75 Å². The number of benzene rings is 1. The molecule has 0 atom stereocenters. The molecule has 11 heteroatoms. The van der Waals surface area contributed by atoms with Gasteiger partial charge in [0.2, 0.25) is 5.95 Å². The van der Waals surface area contributed by atoms with Crippen LogP contribution in [0.2, 0.25) is 9.36 Å². The topological polar surface area (TPSA) is 107 Å². The first-order valence-electron chi connectivity index (χ1n) is 9.65. The van der Waals surface area contributed by atoms with E-state index in [2.05, 4.69) is 20.6 Å². The van der Waals surface area contributed by atoms with Crippen LogP contribution in [0.3, 0.4) is 0 Å². The van der Waals surface area contributed by atoms with Gasteiger partial charge in [-0.15, -0.1) is 11.3 Å². The van der Waals surface area contributed by atoms with E-state index < -0.39 is 11.6 Å². The van der Waals surface area contributed by atoms with Crippen LogP contribution < -0.4 is 10.6 Å². The first-order valence-corrected chi connectivity index (χ1v) is 11.2. The van der Waals surface area contributed by atoms with Crippen molar-refractivity contribution in [3.8, 4) is 27.4 Å². The second-order valence-corrected chi connectivity index (χ2v) is 9.74. The van der Waals surface area contributed by atoms with Crippen LogP contribution in [-0.2, 0) is 4.79 Å². The number of nitrogens with zero attached hydrogens (tertiary/aromatic N) is 3. The van der Waals surface area contributed by atoms with Crippen molar-refractivity contribution in [2.24, 2.45) is 0 Å². The van der Waals surface area contributed by atoms with Gasteiger partial charge in [0.1, 0.15) is 15.6 Å². The van der Waals surface area contributed by atoms with Crippen molar-refractivity contribution in [2.75, 3.05) is 18.4 Å². The van der Waals surface area contributed by atoms with Crippen molar-refractivity contribution in [1.29, 1.82) is 0 Å². The maximum atomic E-state index is 12.3. The Labute approximate surface area is 198 Å². The average Bonchev–Trinajstić information content (AvgIpc) is 3.17. The monoisotopic (exact) mass is 491 g/mol. The van der Waals surface area contributed by atoms with E-state index in [1.165, 1.54) is 11.3 Å². The highest BCUT2D eigenvalue weighted by atomic mass is 35.5. The molecule has 0 unspecified atom stereocenters. The molecular formula is C21H19Cl2N5O3S. The highest BCUT2D eigenvalue weighted by Gasteiger charge is 2.43. The van der Waals surface area contributed by atoms with Gasteiger partial charge in [-0.25, -0.2) is 14.8 Å². The predicted molar refractivity (Wildman–Crippen MR) is 125 cm³/mol. The van der Waals surface area contributed by atoms with Crippen molar-refractivity contribution in [3.63, 3.8) is 0 Å². The Kier molecular flexibility index (Phi) is 5.98. The Bertz CT molecular complexity index is 1190. The summed E-state index contributed by atoms with van der Waals surface area (Å²) in [6.45, 7) is 3.75. The van der Waals surface area contributed by atoms with Crippen LogP contribution >= 0.6 is 34.5 Å². The number of hydrogen-bond donors (Lipinski definition) is 3. The summed E-state index contributed by atoms with van der Waals surface area (Å²) in [5, 5.41) is 16.0. The summed E-state index contributed by atoms with van der Waals surface area (Å²) < 4.78 is 0.442. The van der Waals surface area contributed by atoms with E-state index in [1.54, 1.807) is 44.3 Å². The van der Waals surface area contributed by atoms with Gasteiger partial charge in [0, 0.05) is 24.8 Å². The third kappa shape index (κ3) is 4.36. The van der Waals surface area contributed by atoms with Crippen LogP contribution in [0.25, 0.3) is 21.7 Å². The van der Waals surface area contributed by atoms with Crippen molar-refractivity contribution < 1.29 is 14.7 Å². The smallest absolute Gasteiger partial charge is 0.325 e. The maximum absolute atomic E-state index is 12.3. The van der Waals surface area contributed by atoms with Gasteiger partial charge in [-0.05, 0) is 37.6 Å². The quantitative estimate of drug-likeness (QED) is 0.434. The first-order chi connectivity index (χ1) is 15.2. The van der Waals surface area contributed by atoms with Crippen molar-refractivity contribution in [1.82, 2.24) is 20.2 Å². The summed E-state index contributed by atoms with van der Waals surface area (Å²) in [6, 6.07) is 8.06. The first kappa shape index (κ1) is 22.3. The zero-order valence-corrected chi connectivity index (χ0v) is 19.5. The second-order valence-electron chi connectivity index (χ2n) is 7.68. The number of thiophene rings is 1. The van der Waals surface area contributed by atoms with Crippen LogP contribution in [0, 0.1) is 0 Å². The summed E-state index contributed by atoms with van der Waals surface area (Å²) in [5.74, 6) is 0.151. The van der Waals surface area contributed by atoms with Crippen LogP contribution in [0.15, 0.2) is 36.5 Å². The fraction of sp³-hybridized carbons (Fsp3) is 0.238. The van der Waals surface area contributed by atoms with E-state index in [1.807, 2.05) is 6.07 Å². The number of carbonyl (C=O) groups is 2. The molecule has 8 nitrogen and oxygen atoms in total. The summed E-state index contributed by atoms with van der Waals surface area (Å²) in [4.78, 5) is 35.2. The fourth-order valence-corrected chi connectivity index (χ4v) is 4.68. The van der Waals surface area contributed by atoms with Gasteiger partial charge >= 0.3 is 6.03 Å². The Morgan fingerprint density at radius 2 is 2.03 bits per heavy atom. The number of phenolic OH excluding ortho intramolecular Hbond substituents is 1. The number of carbonyl (C=O) groups excluding carboxylic acids is 2. The largest absolute Gasteiger partial charge is 0.508 e. The molecule has 3 amide bonds. The minimum Gasteiger partial charge on any atom is -0.508 e. The van der Waals surface area contributed by atoms with Gasteiger partial charge < -0.3 is 15.7 Å². The van der Waals surface area contributed by atoms with E-state index in [-0.39, 0.29) is 24.7 Å². The SMILES string of the molecule is CC1(C)NC(=O)N(CCNc2ncc(-c3cccc(O)c3)c(-c3cc(Cl)c(Cl)s3)n2)C1=O.